The molecule has 0 unspecified atom stereocenters. The molecule has 0 aliphatic carbocycles. The molecular weight excluding hydrogens is 103 g/mol. The molecule has 0 fully saturated rings. The predicted molar refractivity (Wildman–Crippen MR) is 21.3 cm³/mol. The van der Waals surface area contributed by atoms with E-state index in [4.69, 9.17) is 5.11 Å². The quantitative estimate of drug-likeness (QED) is 0.346. The fourth-order valence-corrected chi connectivity index (χ4v) is 0. The Morgan fingerprint density at radius 2 is 1.75 bits per heavy atom. The number of hydrogen-bond acceptors (Lipinski definition) is 3. The van der Waals surface area contributed by atoms with Gasteiger partial charge in [0.2, 0.25) is 0 Å². The Labute approximate surface area is 59.9 Å². The third kappa shape index (κ3) is 4.19. The molecule has 8 heavy (non-hydrogen) atoms. The molecule has 0 aromatic heterocycles. The number of rotatable bonds is 1. The third-order valence-electron chi connectivity index (χ3n) is 0.500. The van der Waals surface area contributed by atoms with Crippen LogP contribution in [0.1, 0.15) is 13.8 Å². The topological polar surface area (TPSA) is 60.4 Å². The molecule has 0 bridgehead atoms. The summed E-state index contributed by atoms with van der Waals surface area (Å²) in [6.45, 7) is 2.31. The second-order valence-corrected chi connectivity index (χ2v) is 1.85. The minimum absolute atomic E-state index is 0. The van der Waals surface area contributed by atoms with Crippen molar-refractivity contribution in [1.29, 1.82) is 0 Å². The Kier molecular flexibility index (Phi) is 4.27. The van der Waals surface area contributed by atoms with Crippen molar-refractivity contribution in [2.75, 3.05) is 0 Å². The molecule has 0 amide bonds. The minimum atomic E-state index is -1.69. The van der Waals surface area contributed by atoms with Crippen LogP contribution in [-0.2, 0) is 4.79 Å². The summed E-state index contributed by atoms with van der Waals surface area (Å²) in [6, 6.07) is 0. The summed E-state index contributed by atoms with van der Waals surface area (Å²) in [5.74, 6) is -1.45. The van der Waals surface area contributed by atoms with Gasteiger partial charge in [0.05, 0.1) is 11.6 Å². The molecule has 0 saturated carbocycles. The fourth-order valence-electron chi connectivity index (χ4n) is 0. The first kappa shape index (κ1) is 10.9. The monoisotopic (exact) mass is 110 g/mol. The zero-order valence-corrected chi connectivity index (χ0v) is 5.26. The van der Waals surface area contributed by atoms with Crippen molar-refractivity contribution in [3.05, 3.63) is 0 Å². The van der Waals surface area contributed by atoms with Crippen LogP contribution in [-0.4, -0.2) is 16.7 Å². The molecule has 0 aromatic carbocycles. The van der Waals surface area contributed by atoms with Crippen LogP contribution in [0.4, 0.5) is 0 Å². The second-order valence-electron chi connectivity index (χ2n) is 1.85. The molecule has 4 heteroatoms. The molecule has 0 radical (unpaired) electrons. The van der Waals surface area contributed by atoms with Crippen molar-refractivity contribution in [3.63, 3.8) is 0 Å². The summed E-state index contributed by atoms with van der Waals surface area (Å²) in [5, 5.41) is 18.1. The molecule has 0 saturated heterocycles. The van der Waals surface area contributed by atoms with E-state index in [0.717, 1.165) is 13.8 Å². The van der Waals surface area contributed by atoms with Crippen molar-refractivity contribution in [2.24, 2.45) is 0 Å². The van der Waals surface area contributed by atoms with E-state index in [1.54, 1.807) is 0 Å². The van der Waals surface area contributed by atoms with Gasteiger partial charge in [0, 0.05) is 0 Å². The summed E-state index contributed by atoms with van der Waals surface area (Å²) in [7, 11) is 0. The van der Waals surface area contributed by atoms with Gasteiger partial charge in [-0.15, -0.1) is 0 Å². The van der Waals surface area contributed by atoms with Crippen molar-refractivity contribution in [1.82, 2.24) is 0 Å². The van der Waals surface area contributed by atoms with Gasteiger partial charge in [0.15, 0.2) is 0 Å². The number of carboxylic acid groups (broad SMARTS) is 1. The molecule has 0 aliphatic heterocycles. The number of aliphatic carboxylic acids is 1. The van der Waals surface area contributed by atoms with Gasteiger partial charge in [0.25, 0.3) is 0 Å². The smallest absolute Gasteiger partial charge is 0.547 e. The number of carbonyl (C=O) groups excluding carboxylic acids is 1. The van der Waals surface area contributed by atoms with Crippen LogP contribution >= 0.6 is 0 Å². The third-order valence-corrected chi connectivity index (χ3v) is 0.500. The summed E-state index contributed by atoms with van der Waals surface area (Å²) >= 11 is 0. The number of carbonyl (C=O) groups is 1. The van der Waals surface area contributed by atoms with E-state index in [2.05, 4.69) is 0 Å². The van der Waals surface area contributed by atoms with Crippen LogP contribution < -0.4 is 24.0 Å². The number of carboxylic acids is 1. The van der Waals surface area contributed by atoms with Crippen LogP contribution in [0, 0.1) is 0 Å². The molecule has 42 valence electrons. The summed E-state index contributed by atoms with van der Waals surface area (Å²) in [6.07, 6.45) is 0. The maximum Gasteiger partial charge on any atom is 1.00 e. The fraction of sp³-hybridized carbons (Fsp3) is 0.750. The number of aliphatic hydroxyl groups is 1. The van der Waals surface area contributed by atoms with E-state index in [1.165, 1.54) is 0 Å². The first-order chi connectivity index (χ1) is 2.94. The Morgan fingerprint density at radius 1 is 1.62 bits per heavy atom. The van der Waals surface area contributed by atoms with Crippen molar-refractivity contribution in [2.45, 2.75) is 19.4 Å². The Bertz CT molecular complexity index is 83.8. The molecular formula is C4H7LiO3. The summed E-state index contributed by atoms with van der Waals surface area (Å²) < 4.78 is 0. The molecule has 0 rings (SSSR count). The molecule has 0 aromatic rings. The normalized spacial score (nSPS) is 9.88. The number of hydrogen-bond donors (Lipinski definition) is 1. The van der Waals surface area contributed by atoms with Gasteiger partial charge < -0.3 is 15.0 Å². The molecule has 0 aliphatic rings. The largest absolute Gasteiger partial charge is 1.00 e. The Hall–Kier alpha value is 0.0274. The molecule has 0 atom stereocenters. The Balaban J connectivity index is 0. The molecule has 1 N–H and O–H groups in total. The van der Waals surface area contributed by atoms with Crippen molar-refractivity contribution >= 4 is 5.97 Å². The first-order valence-corrected chi connectivity index (χ1v) is 1.88. The van der Waals surface area contributed by atoms with Gasteiger partial charge in [-0.25, -0.2) is 0 Å². The molecule has 0 spiro atoms. The zero-order valence-electron chi connectivity index (χ0n) is 5.26. The predicted octanol–water partition coefficient (Wildman–Crippen LogP) is -4.49. The summed E-state index contributed by atoms with van der Waals surface area (Å²) in [4.78, 5) is 9.66. The first-order valence-electron chi connectivity index (χ1n) is 1.88. The average Bonchev–Trinajstić information content (AvgIpc) is 1.31. The van der Waals surface area contributed by atoms with E-state index in [0.29, 0.717) is 0 Å². The van der Waals surface area contributed by atoms with E-state index < -0.39 is 11.6 Å². The van der Waals surface area contributed by atoms with Gasteiger partial charge >= 0.3 is 18.9 Å². The summed E-state index contributed by atoms with van der Waals surface area (Å²) in [5.41, 5.74) is -1.69. The van der Waals surface area contributed by atoms with Crippen LogP contribution in [0.2, 0.25) is 0 Å². The van der Waals surface area contributed by atoms with E-state index in [1.807, 2.05) is 0 Å². The van der Waals surface area contributed by atoms with Gasteiger partial charge in [0.1, 0.15) is 0 Å². The van der Waals surface area contributed by atoms with Crippen LogP contribution in [0.25, 0.3) is 0 Å². The average molecular weight is 110 g/mol. The maximum atomic E-state index is 9.66. The minimum Gasteiger partial charge on any atom is -0.547 e. The maximum absolute atomic E-state index is 9.66. The van der Waals surface area contributed by atoms with Gasteiger partial charge in [-0.2, -0.15) is 0 Å². The van der Waals surface area contributed by atoms with Gasteiger partial charge in [-0.1, -0.05) is 0 Å². The van der Waals surface area contributed by atoms with E-state index in [-0.39, 0.29) is 18.9 Å². The van der Waals surface area contributed by atoms with Gasteiger partial charge in [-0.3, -0.25) is 0 Å². The molecule has 0 heterocycles. The van der Waals surface area contributed by atoms with Crippen LogP contribution in [0.3, 0.4) is 0 Å². The van der Waals surface area contributed by atoms with Crippen LogP contribution in [0.5, 0.6) is 0 Å². The SMILES string of the molecule is CC(C)(O)C(=O)[O-].[Li+]. The zero-order chi connectivity index (χ0) is 6.08. The molecule has 3 nitrogen and oxygen atoms in total. The van der Waals surface area contributed by atoms with Crippen LogP contribution in [0.15, 0.2) is 0 Å². The Morgan fingerprint density at radius 3 is 1.75 bits per heavy atom. The van der Waals surface area contributed by atoms with E-state index in [9.17, 15) is 9.90 Å². The van der Waals surface area contributed by atoms with E-state index >= 15 is 0 Å². The van der Waals surface area contributed by atoms with Gasteiger partial charge in [-0.05, 0) is 13.8 Å². The van der Waals surface area contributed by atoms with Crippen molar-refractivity contribution in [3.8, 4) is 0 Å². The second kappa shape index (κ2) is 3.13. The van der Waals surface area contributed by atoms with Crippen molar-refractivity contribution < 1.29 is 33.9 Å². The standard InChI is InChI=1S/C4H8O3.Li/c1-4(2,7)3(5)6;/h7H,1-2H3,(H,5,6);/q;+1/p-1.